The van der Waals surface area contributed by atoms with Gasteiger partial charge in [-0.25, -0.2) is 19.2 Å². The van der Waals surface area contributed by atoms with Crippen LogP contribution in [0.25, 0.3) is 11.1 Å². The minimum Gasteiger partial charge on any atom is -0.482 e. The maximum absolute atomic E-state index is 12.8. The Balaban J connectivity index is 1.97. The van der Waals surface area contributed by atoms with E-state index in [-0.39, 0.29) is 29.4 Å². The first kappa shape index (κ1) is 26.5. The third-order valence-corrected chi connectivity index (χ3v) is 4.66. The van der Waals surface area contributed by atoms with E-state index in [1.807, 2.05) is 6.07 Å². The Morgan fingerprint density at radius 1 is 0.595 bits per heavy atom. The Morgan fingerprint density at radius 2 is 1.05 bits per heavy atom. The number of aliphatic carboxylic acids is 3. The molecule has 0 bridgehead atoms. The van der Waals surface area contributed by atoms with Crippen molar-refractivity contribution in [1.82, 2.24) is 0 Å². The molecule has 0 amide bonds. The highest BCUT2D eigenvalue weighted by Gasteiger charge is 2.15. The van der Waals surface area contributed by atoms with E-state index in [4.69, 9.17) is 34.3 Å². The molecule has 3 aromatic rings. The highest BCUT2D eigenvalue weighted by atomic mass is 16.5. The maximum atomic E-state index is 12.8. The van der Waals surface area contributed by atoms with E-state index in [2.05, 4.69) is 0 Å². The van der Waals surface area contributed by atoms with Gasteiger partial charge in [0.1, 0.15) is 23.9 Å². The van der Waals surface area contributed by atoms with Crippen LogP contribution in [0, 0.1) is 0 Å². The summed E-state index contributed by atoms with van der Waals surface area (Å²) < 4.78 is 21.1. The van der Waals surface area contributed by atoms with Crippen molar-refractivity contribution in [1.29, 1.82) is 0 Å². The predicted molar refractivity (Wildman–Crippen MR) is 127 cm³/mol. The first-order valence-corrected chi connectivity index (χ1v) is 10.7. The zero-order valence-corrected chi connectivity index (χ0v) is 19.3. The lowest BCUT2D eigenvalue weighted by Gasteiger charge is -2.14. The van der Waals surface area contributed by atoms with Crippen LogP contribution in [0.2, 0.25) is 0 Å². The Morgan fingerprint density at radius 3 is 1.54 bits per heavy atom. The Labute approximate surface area is 210 Å². The summed E-state index contributed by atoms with van der Waals surface area (Å²) in [5.74, 6) is -4.22. The summed E-state index contributed by atoms with van der Waals surface area (Å²) in [6, 6.07) is 17.4. The summed E-state index contributed by atoms with van der Waals surface area (Å²) in [7, 11) is 0. The number of hydrogen-bond acceptors (Lipinski definition) is 8. The van der Waals surface area contributed by atoms with Crippen molar-refractivity contribution in [2.24, 2.45) is 0 Å². The fourth-order valence-electron chi connectivity index (χ4n) is 3.11. The SMILES string of the molecule is O=C(O)COc1cc(OCC(=O)O)cc(-c2cc(OCC(=O)O)cc(C(=O)OCc3ccccc3)c2)c1. The fraction of sp³-hybridized carbons (Fsp3) is 0.154. The topological polar surface area (TPSA) is 166 Å². The molecule has 3 N–H and O–H groups in total. The van der Waals surface area contributed by atoms with Crippen LogP contribution in [0.3, 0.4) is 0 Å². The smallest absolute Gasteiger partial charge is 0.341 e. The van der Waals surface area contributed by atoms with Crippen molar-refractivity contribution in [2.45, 2.75) is 6.61 Å². The molecule has 0 aliphatic carbocycles. The zero-order chi connectivity index (χ0) is 26.8. The number of rotatable bonds is 13. The number of carboxylic acids is 3. The number of benzene rings is 3. The average Bonchev–Trinajstić information content (AvgIpc) is 2.88. The first-order chi connectivity index (χ1) is 17.7. The summed E-state index contributed by atoms with van der Waals surface area (Å²) in [4.78, 5) is 45.7. The van der Waals surface area contributed by atoms with E-state index in [1.54, 1.807) is 24.3 Å². The van der Waals surface area contributed by atoms with Gasteiger partial charge in [0.2, 0.25) is 0 Å². The summed E-state index contributed by atoms with van der Waals surface area (Å²) >= 11 is 0. The van der Waals surface area contributed by atoms with Crippen molar-refractivity contribution in [2.75, 3.05) is 19.8 Å². The second-order valence-corrected chi connectivity index (χ2v) is 7.55. The van der Waals surface area contributed by atoms with E-state index >= 15 is 0 Å². The standard InChI is InChI=1S/C26H22O11/c27-23(28)13-34-20-7-17(6-19(10-20)26(33)37-12-16-4-2-1-3-5-16)18-8-21(35-14-24(29)30)11-22(9-18)36-15-25(31)32/h1-11H,12-15H2,(H,27,28)(H,29,30)(H,31,32). The minimum absolute atomic E-state index is 0.000900. The number of ether oxygens (including phenoxy) is 4. The van der Waals surface area contributed by atoms with E-state index in [9.17, 15) is 19.2 Å². The fourth-order valence-corrected chi connectivity index (χ4v) is 3.11. The number of carbonyl (C=O) groups is 4. The summed E-state index contributed by atoms with van der Waals surface area (Å²) in [5, 5.41) is 26.8. The summed E-state index contributed by atoms with van der Waals surface area (Å²) in [5.41, 5.74) is 1.51. The Bertz CT molecular complexity index is 1250. The number of esters is 1. The highest BCUT2D eigenvalue weighted by molar-refractivity contribution is 5.92. The van der Waals surface area contributed by atoms with Crippen molar-refractivity contribution >= 4 is 23.9 Å². The van der Waals surface area contributed by atoms with Crippen LogP contribution in [0.1, 0.15) is 15.9 Å². The molecule has 0 saturated heterocycles. The number of carboxylic acid groups (broad SMARTS) is 3. The largest absolute Gasteiger partial charge is 0.482 e. The second-order valence-electron chi connectivity index (χ2n) is 7.55. The molecule has 0 saturated carbocycles. The van der Waals surface area contributed by atoms with Crippen LogP contribution in [-0.4, -0.2) is 59.0 Å². The lowest BCUT2D eigenvalue weighted by Crippen LogP contribution is -2.11. The van der Waals surface area contributed by atoms with Crippen molar-refractivity contribution in [3.63, 3.8) is 0 Å². The summed E-state index contributed by atoms with van der Waals surface area (Å²) in [6.07, 6.45) is 0. The molecule has 0 atom stereocenters. The summed E-state index contributed by atoms with van der Waals surface area (Å²) in [6.45, 7) is -2.00. The molecule has 0 radical (unpaired) electrons. The molecule has 11 nitrogen and oxygen atoms in total. The molecule has 0 aliphatic rings. The van der Waals surface area contributed by atoms with Gasteiger partial charge < -0.3 is 34.3 Å². The first-order valence-electron chi connectivity index (χ1n) is 10.7. The lowest BCUT2D eigenvalue weighted by molar-refractivity contribution is -0.140. The quantitative estimate of drug-likeness (QED) is 0.289. The van der Waals surface area contributed by atoms with E-state index in [0.29, 0.717) is 11.1 Å². The molecule has 0 unspecified atom stereocenters. The van der Waals surface area contributed by atoms with Crippen molar-refractivity contribution < 1.29 is 53.4 Å². The van der Waals surface area contributed by atoms with Crippen LogP contribution in [0.15, 0.2) is 66.7 Å². The minimum atomic E-state index is -1.23. The Kier molecular flexibility index (Phi) is 9.03. The van der Waals surface area contributed by atoms with Gasteiger partial charge in [0.05, 0.1) is 5.56 Å². The van der Waals surface area contributed by atoms with Crippen molar-refractivity contribution in [3.8, 4) is 28.4 Å². The van der Waals surface area contributed by atoms with Gasteiger partial charge in [0.25, 0.3) is 0 Å². The zero-order valence-electron chi connectivity index (χ0n) is 19.3. The highest BCUT2D eigenvalue weighted by Crippen LogP contribution is 2.33. The van der Waals surface area contributed by atoms with Gasteiger partial charge in [0.15, 0.2) is 19.8 Å². The molecule has 3 aromatic carbocycles. The third kappa shape index (κ3) is 8.58. The van der Waals surface area contributed by atoms with Crippen LogP contribution < -0.4 is 14.2 Å². The Hall–Kier alpha value is -5.06. The van der Waals surface area contributed by atoms with Gasteiger partial charge in [-0.2, -0.15) is 0 Å². The number of carbonyl (C=O) groups excluding carboxylic acids is 1. The second kappa shape index (κ2) is 12.6. The molecule has 0 aromatic heterocycles. The molecule has 37 heavy (non-hydrogen) atoms. The molecule has 192 valence electrons. The molecule has 0 heterocycles. The van der Waals surface area contributed by atoms with Gasteiger partial charge in [-0.3, -0.25) is 0 Å². The van der Waals surface area contributed by atoms with Gasteiger partial charge in [-0.1, -0.05) is 30.3 Å². The van der Waals surface area contributed by atoms with Crippen LogP contribution in [0.4, 0.5) is 0 Å². The van der Waals surface area contributed by atoms with Gasteiger partial charge in [0, 0.05) is 6.07 Å². The molecule has 3 rings (SSSR count). The average molecular weight is 510 g/mol. The molecular formula is C26H22O11. The van der Waals surface area contributed by atoms with E-state index in [1.165, 1.54) is 36.4 Å². The van der Waals surface area contributed by atoms with E-state index < -0.39 is 43.7 Å². The van der Waals surface area contributed by atoms with Crippen LogP contribution >= 0.6 is 0 Å². The molecule has 11 heteroatoms. The van der Waals surface area contributed by atoms with Gasteiger partial charge >= 0.3 is 23.9 Å². The van der Waals surface area contributed by atoms with Crippen molar-refractivity contribution in [3.05, 3.63) is 77.9 Å². The van der Waals surface area contributed by atoms with Gasteiger partial charge in [-0.15, -0.1) is 0 Å². The van der Waals surface area contributed by atoms with Crippen LogP contribution in [0.5, 0.6) is 17.2 Å². The molecular weight excluding hydrogens is 488 g/mol. The monoisotopic (exact) mass is 510 g/mol. The maximum Gasteiger partial charge on any atom is 0.341 e. The normalized spacial score (nSPS) is 10.3. The molecule has 0 fully saturated rings. The van der Waals surface area contributed by atoms with Crippen LogP contribution in [-0.2, 0) is 25.7 Å². The lowest BCUT2D eigenvalue weighted by atomic mass is 10.0. The number of hydrogen-bond donors (Lipinski definition) is 3. The molecule has 0 spiro atoms. The molecule has 0 aliphatic heterocycles. The van der Waals surface area contributed by atoms with Gasteiger partial charge in [-0.05, 0) is 47.0 Å². The predicted octanol–water partition coefficient (Wildman–Crippen LogP) is 3.10. The third-order valence-electron chi connectivity index (χ3n) is 4.66. The van der Waals surface area contributed by atoms with E-state index in [0.717, 1.165) is 5.56 Å².